The Kier molecular flexibility index (Phi) is 3.57. The van der Waals surface area contributed by atoms with E-state index >= 15 is 0 Å². The van der Waals surface area contributed by atoms with E-state index in [1.165, 1.54) is 25.7 Å². The van der Waals surface area contributed by atoms with Crippen molar-refractivity contribution in [1.82, 2.24) is 10.2 Å². The molecule has 0 amide bonds. The molecule has 3 nitrogen and oxygen atoms in total. The predicted octanol–water partition coefficient (Wildman–Crippen LogP) is 2.63. The molecule has 2 rings (SSSR count). The van der Waals surface area contributed by atoms with Gasteiger partial charge < -0.3 is 0 Å². The van der Waals surface area contributed by atoms with Crippen molar-refractivity contribution in [1.29, 1.82) is 5.26 Å². The van der Waals surface area contributed by atoms with Crippen molar-refractivity contribution in [2.24, 2.45) is 5.92 Å². The average molecular weight is 219 g/mol. The van der Waals surface area contributed by atoms with Gasteiger partial charge >= 0.3 is 0 Å². The van der Waals surface area contributed by atoms with Gasteiger partial charge in [0.1, 0.15) is 11.1 Å². The maximum absolute atomic E-state index is 8.88. The molecular formula is C11H13N3S. The smallest absolute Gasteiger partial charge is 0.137 e. The predicted molar refractivity (Wildman–Crippen MR) is 59.4 cm³/mol. The third-order valence-corrected chi connectivity index (χ3v) is 3.95. The van der Waals surface area contributed by atoms with Crippen LogP contribution in [0.4, 0.5) is 0 Å². The van der Waals surface area contributed by atoms with Gasteiger partial charge in [-0.05, 0) is 24.8 Å². The van der Waals surface area contributed by atoms with Crippen LogP contribution in [0.1, 0.15) is 31.2 Å². The van der Waals surface area contributed by atoms with Crippen molar-refractivity contribution in [3.63, 3.8) is 0 Å². The van der Waals surface area contributed by atoms with E-state index in [4.69, 9.17) is 5.26 Å². The van der Waals surface area contributed by atoms with Crippen LogP contribution in [0.5, 0.6) is 0 Å². The van der Waals surface area contributed by atoms with Gasteiger partial charge in [-0.1, -0.05) is 12.8 Å². The zero-order valence-corrected chi connectivity index (χ0v) is 9.33. The van der Waals surface area contributed by atoms with Crippen molar-refractivity contribution in [3.8, 4) is 6.07 Å². The van der Waals surface area contributed by atoms with E-state index in [0.717, 1.165) is 16.7 Å². The maximum Gasteiger partial charge on any atom is 0.137 e. The normalized spacial score (nSPS) is 16.5. The molecule has 1 aromatic rings. The van der Waals surface area contributed by atoms with Crippen LogP contribution in [-0.2, 0) is 0 Å². The Morgan fingerprint density at radius 1 is 1.47 bits per heavy atom. The van der Waals surface area contributed by atoms with Crippen molar-refractivity contribution in [2.75, 3.05) is 5.75 Å². The molecule has 1 aliphatic rings. The summed E-state index contributed by atoms with van der Waals surface area (Å²) in [6, 6.07) is 3.87. The van der Waals surface area contributed by atoms with Gasteiger partial charge in [-0.25, -0.2) is 0 Å². The first kappa shape index (κ1) is 10.4. The minimum absolute atomic E-state index is 0.646. The summed E-state index contributed by atoms with van der Waals surface area (Å²) < 4.78 is 0. The van der Waals surface area contributed by atoms with Crippen LogP contribution in [0.25, 0.3) is 0 Å². The second-order valence-corrected chi connectivity index (χ2v) is 4.83. The summed E-state index contributed by atoms with van der Waals surface area (Å²) in [6.45, 7) is 0. The summed E-state index contributed by atoms with van der Waals surface area (Å²) in [6.07, 6.45) is 6.94. The van der Waals surface area contributed by atoms with Crippen LogP contribution in [0, 0.1) is 17.2 Å². The lowest BCUT2D eigenvalue weighted by atomic mass is 10.1. The Hall–Kier alpha value is -1.08. The fourth-order valence-electron chi connectivity index (χ4n) is 1.88. The maximum atomic E-state index is 8.88. The Morgan fingerprint density at radius 3 is 3.00 bits per heavy atom. The number of hydrogen-bond donors (Lipinski definition) is 0. The Morgan fingerprint density at radius 2 is 2.27 bits per heavy atom. The Labute approximate surface area is 93.9 Å². The first-order chi connectivity index (χ1) is 7.40. The third-order valence-electron chi connectivity index (χ3n) is 2.74. The highest BCUT2D eigenvalue weighted by Crippen LogP contribution is 2.30. The highest BCUT2D eigenvalue weighted by molar-refractivity contribution is 7.99. The first-order valence-electron chi connectivity index (χ1n) is 5.24. The average Bonchev–Trinajstić information content (AvgIpc) is 2.79. The lowest BCUT2D eigenvalue weighted by Gasteiger charge is -2.07. The largest absolute Gasteiger partial charge is 0.192 e. The molecule has 0 aromatic carbocycles. The van der Waals surface area contributed by atoms with Gasteiger partial charge in [-0.3, -0.25) is 0 Å². The summed E-state index contributed by atoms with van der Waals surface area (Å²) in [5.41, 5.74) is 0.646. The molecule has 0 aliphatic heterocycles. The number of hydrogen-bond acceptors (Lipinski definition) is 4. The van der Waals surface area contributed by atoms with E-state index in [9.17, 15) is 0 Å². The fraction of sp³-hybridized carbons (Fsp3) is 0.545. The van der Waals surface area contributed by atoms with Gasteiger partial charge in [-0.15, -0.1) is 16.9 Å². The molecule has 0 N–H and O–H groups in total. The number of rotatable bonds is 3. The van der Waals surface area contributed by atoms with Gasteiger partial charge in [0.05, 0.1) is 11.8 Å². The lowest BCUT2D eigenvalue weighted by molar-refractivity contribution is 0.622. The van der Waals surface area contributed by atoms with Crippen LogP contribution in [0.2, 0.25) is 0 Å². The molecule has 4 heteroatoms. The van der Waals surface area contributed by atoms with E-state index in [1.807, 2.05) is 0 Å². The van der Waals surface area contributed by atoms with Gasteiger partial charge in [0.15, 0.2) is 0 Å². The second kappa shape index (κ2) is 5.13. The van der Waals surface area contributed by atoms with Gasteiger partial charge in [0.2, 0.25) is 0 Å². The molecule has 0 unspecified atom stereocenters. The van der Waals surface area contributed by atoms with Crippen LogP contribution in [-0.4, -0.2) is 16.0 Å². The summed E-state index contributed by atoms with van der Waals surface area (Å²) in [5.74, 6) is 1.89. The molecule has 0 radical (unpaired) electrons. The minimum Gasteiger partial charge on any atom is -0.192 e. The fourth-order valence-corrected chi connectivity index (χ4v) is 2.99. The summed E-state index contributed by atoms with van der Waals surface area (Å²) in [4.78, 5) is 0. The van der Waals surface area contributed by atoms with Crippen LogP contribution < -0.4 is 0 Å². The highest BCUT2D eigenvalue weighted by Gasteiger charge is 2.16. The topological polar surface area (TPSA) is 49.6 Å². The van der Waals surface area contributed by atoms with Gasteiger partial charge in [-0.2, -0.15) is 10.4 Å². The molecule has 0 atom stereocenters. The van der Waals surface area contributed by atoms with E-state index in [0.29, 0.717) is 5.56 Å². The van der Waals surface area contributed by atoms with Crippen LogP contribution >= 0.6 is 11.8 Å². The van der Waals surface area contributed by atoms with Crippen LogP contribution in [0.3, 0.4) is 0 Å². The van der Waals surface area contributed by atoms with Crippen LogP contribution in [0.15, 0.2) is 17.3 Å². The van der Waals surface area contributed by atoms with E-state index < -0.39 is 0 Å². The number of aromatic nitrogens is 2. The Balaban J connectivity index is 1.95. The van der Waals surface area contributed by atoms with Gasteiger partial charge in [0.25, 0.3) is 0 Å². The monoisotopic (exact) mass is 219 g/mol. The lowest BCUT2D eigenvalue weighted by Crippen LogP contribution is -1.98. The van der Waals surface area contributed by atoms with Crippen molar-refractivity contribution in [3.05, 3.63) is 17.8 Å². The highest BCUT2D eigenvalue weighted by atomic mass is 32.2. The number of nitrogens with zero attached hydrogens (tertiary/aromatic N) is 3. The SMILES string of the molecule is N#Cc1ccnnc1SCC1CCCC1. The van der Waals surface area contributed by atoms with E-state index in [1.54, 1.807) is 24.0 Å². The zero-order valence-electron chi connectivity index (χ0n) is 8.52. The summed E-state index contributed by atoms with van der Waals surface area (Å²) in [5, 5.41) is 17.5. The minimum atomic E-state index is 0.646. The molecule has 15 heavy (non-hydrogen) atoms. The molecule has 0 saturated heterocycles. The van der Waals surface area contributed by atoms with E-state index in [2.05, 4.69) is 16.3 Å². The first-order valence-corrected chi connectivity index (χ1v) is 6.23. The van der Waals surface area contributed by atoms with Gasteiger partial charge in [0, 0.05) is 5.75 Å². The summed E-state index contributed by atoms with van der Waals surface area (Å²) in [7, 11) is 0. The molecule has 1 saturated carbocycles. The summed E-state index contributed by atoms with van der Waals surface area (Å²) >= 11 is 1.67. The standard InChI is InChI=1S/C11H13N3S/c12-7-10-5-6-13-14-11(10)15-8-9-3-1-2-4-9/h5-6,9H,1-4,8H2. The van der Waals surface area contributed by atoms with E-state index in [-0.39, 0.29) is 0 Å². The zero-order chi connectivity index (χ0) is 10.5. The molecule has 1 fully saturated rings. The number of nitriles is 1. The molecule has 78 valence electrons. The van der Waals surface area contributed by atoms with Crippen molar-refractivity contribution >= 4 is 11.8 Å². The van der Waals surface area contributed by atoms with Crippen molar-refractivity contribution in [2.45, 2.75) is 30.7 Å². The molecule has 1 heterocycles. The quantitative estimate of drug-likeness (QED) is 0.733. The Bertz CT molecular complexity index is 366. The molecule has 0 bridgehead atoms. The molecule has 0 spiro atoms. The molecule has 1 aromatic heterocycles. The molecular weight excluding hydrogens is 206 g/mol. The second-order valence-electron chi connectivity index (χ2n) is 3.82. The third kappa shape index (κ3) is 2.69. The number of thioether (sulfide) groups is 1. The molecule has 1 aliphatic carbocycles. The van der Waals surface area contributed by atoms with Crippen molar-refractivity contribution < 1.29 is 0 Å².